The maximum atomic E-state index is 11.4. The van der Waals surface area contributed by atoms with E-state index in [-0.39, 0.29) is 11.9 Å². The molecule has 0 radical (unpaired) electrons. The number of aromatic nitrogens is 1. The standard InChI is InChI=1S/C9H13N3OS/c1-7-9(13)10-2-3-12(7)5-8-4-11-14-6-8/h4,6-7H,2-3,5H2,1H3,(H,10,13). The van der Waals surface area contributed by atoms with Crippen molar-refractivity contribution >= 4 is 17.4 Å². The Balaban J connectivity index is 2.00. The summed E-state index contributed by atoms with van der Waals surface area (Å²) in [7, 11) is 0. The van der Waals surface area contributed by atoms with Gasteiger partial charge in [0.2, 0.25) is 5.91 Å². The molecule has 1 aromatic heterocycles. The summed E-state index contributed by atoms with van der Waals surface area (Å²) in [6.45, 7) is 4.43. The second kappa shape index (κ2) is 4.06. The fraction of sp³-hybridized carbons (Fsp3) is 0.556. The van der Waals surface area contributed by atoms with Crippen molar-refractivity contribution in [3.63, 3.8) is 0 Å². The first-order valence-corrected chi connectivity index (χ1v) is 5.51. The molecule has 0 saturated carbocycles. The van der Waals surface area contributed by atoms with E-state index in [0.29, 0.717) is 0 Å². The lowest BCUT2D eigenvalue weighted by molar-refractivity contribution is -0.128. The van der Waals surface area contributed by atoms with Gasteiger partial charge in [-0.25, -0.2) is 4.37 Å². The van der Waals surface area contributed by atoms with Crippen LogP contribution in [0.15, 0.2) is 11.6 Å². The molecule has 4 nitrogen and oxygen atoms in total. The summed E-state index contributed by atoms with van der Waals surface area (Å²) in [5, 5.41) is 4.87. The molecule has 0 aliphatic carbocycles. The van der Waals surface area contributed by atoms with Gasteiger partial charge in [-0.3, -0.25) is 9.69 Å². The first-order chi connectivity index (χ1) is 6.77. The molecule has 1 fully saturated rings. The molecule has 2 heterocycles. The summed E-state index contributed by atoms with van der Waals surface area (Å²) in [5.41, 5.74) is 1.19. The van der Waals surface area contributed by atoms with E-state index in [1.165, 1.54) is 17.1 Å². The zero-order valence-electron chi connectivity index (χ0n) is 8.06. The summed E-state index contributed by atoms with van der Waals surface area (Å²) in [5.74, 6) is 0.124. The van der Waals surface area contributed by atoms with Gasteiger partial charge >= 0.3 is 0 Å². The highest BCUT2D eigenvalue weighted by molar-refractivity contribution is 7.03. The third-order valence-electron chi connectivity index (χ3n) is 2.49. The predicted octanol–water partition coefficient (Wildman–Crippen LogP) is 0.463. The van der Waals surface area contributed by atoms with Gasteiger partial charge in [0.1, 0.15) is 0 Å². The van der Waals surface area contributed by atoms with Crippen molar-refractivity contribution in [3.05, 3.63) is 17.1 Å². The van der Waals surface area contributed by atoms with Crippen molar-refractivity contribution in [2.45, 2.75) is 19.5 Å². The Morgan fingerprint density at radius 3 is 3.36 bits per heavy atom. The van der Waals surface area contributed by atoms with E-state index in [1.807, 2.05) is 18.5 Å². The molecule has 0 bridgehead atoms. The van der Waals surface area contributed by atoms with Crippen LogP contribution in [0, 0.1) is 0 Å². The Morgan fingerprint density at radius 1 is 1.79 bits per heavy atom. The van der Waals surface area contributed by atoms with Crippen LogP contribution < -0.4 is 5.32 Å². The lowest BCUT2D eigenvalue weighted by atomic mass is 10.2. The highest BCUT2D eigenvalue weighted by Crippen LogP contribution is 2.11. The number of nitrogens with one attached hydrogen (secondary N) is 1. The van der Waals surface area contributed by atoms with Crippen LogP contribution in [-0.4, -0.2) is 34.3 Å². The number of rotatable bonds is 2. The van der Waals surface area contributed by atoms with Crippen LogP contribution >= 0.6 is 11.5 Å². The van der Waals surface area contributed by atoms with E-state index >= 15 is 0 Å². The van der Waals surface area contributed by atoms with Crippen LogP contribution in [0.2, 0.25) is 0 Å². The van der Waals surface area contributed by atoms with Gasteiger partial charge in [-0.2, -0.15) is 0 Å². The monoisotopic (exact) mass is 211 g/mol. The van der Waals surface area contributed by atoms with Crippen molar-refractivity contribution in [2.75, 3.05) is 13.1 Å². The maximum absolute atomic E-state index is 11.4. The smallest absolute Gasteiger partial charge is 0.237 e. The Labute approximate surface area is 87.1 Å². The number of carbonyl (C=O) groups is 1. The molecule has 1 aliphatic rings. The SMILES string of the molecule is CC1C(=O)NCCN1Cc1cnsc1. The minimum Gasteiger partial charge on any atom is -0.353 e. The van der Waals surface area contributed by atoms with Crippen LogP contribution in [0.25, 0.3) is 0 Å². The summed E-state index contributed by atoms with van der Waals surface area (Å²) >= 11 is 1.45. The Bertz CT molecular complexity index is 312. The van der Waals surface area contributed by atoms with E-state index in [9.17, 15) is 4.79 Å². The van der Waals surface area contributed by atoms with Crippen LogP contribution in [-0.2, 0) is 11.3 Å². The Morgan fingerprint density at radius 2 is 2.64 bits per heavy atom. The third-order valence-corrected chi connectivity index (χ3v) is 3.13. The number of nitrogens with zero attached hydrogens (tertiary/aromatic N) is 2. The molecule has 1 saturated heterocycles. The summed E-state index contributed by atoms with van der Waals surface area (Å²) in [6.07, 6.45) is 1.86. The lowest BCUT2D eigenvalue weighted by Gasteiger charge is -2.32. The topological polar surface area (TPSA) is 45.2 Å². The summed E-state index contributed by atoms with van der Waals surface area (Å²) < 4.78 is 4.05. The van der Waals surface area contributed by atoms with E-state index < -0.39 is 0 Å². The van der Waals surface area contributed by atoms with Crippen molar-refractivity contribution in [1.82, 2.24) is 14.6 Å². The van der Waals surface area contributed by atoms with Gasteiger partial charge in [0, 0.05) is 31.2 Å². The predicted molar refractivity (Wildman–Crippen MR) is 55.0 cm³/mol. The maximum Gasteiger partial charge on any atom is 0.237 e. The van der Waals surface area contributed by atoms with Gasteiger partial charge in [0.15, 0.2) is 0 Å². The first kappa shape index (κ1) is 9.61. The molecular weight excluding hydrogens is 198 g/mol. The largest absolute Gasteiger partial charge is 0.353 e. The van der Waals surface area contributed by atoms with Crippen molar-refractivity contribution < 1.29 is 4.79 Å². The molecule has 0 aromatic carbocycles. The van der Waals surface area contributed by atoms with Crippen LogP contribution in [0.4, 0.5) is 0 Å². The van der Waals surface area contributed by atoms with Gasteiger partial charge in [-0.15, -0.1) is 0 Å². The number of carbonyl (C=O) groups excluding carboxylic acids is 1. The molecule has 2 rings (SSSR count). The number of amides is 1. The van der Waals surface area contributed by atoms with Crippen LogP contribution in [0.1, 0.15) is 12.5 Å². The van der Waals surface area contributed by atoms with E-state index in [4.69, 9.17) is 0 Å². The minimum absolute atomic E-state index is 0.0244. The molecular formula is C9H13N3OS. The average Bonchev–Trinajstić information content (AvgIpc) is 2.66. The van der Waals surface area contributed by atoms with E-state index in [0.717, 1.165) is 19.6 Å². The van der Waals surface area contributed by atoms with Crippen molar-refractivity contribution in [2.24, 2.45) is 0 Å². The summed E-state index contributed by atoms with van der Waals surface area (Å²) in [6, 6.07) is -0.0244. The molecule has 14 heavy (non-hydrogen) atoms. The molecule has 1 N–H and O–H groups in total. The Kier molecular flexibility index (Phi) is 2.79. The molecule has 5 heteroatoms. The van der Waals surface area contributed by atoms with Gasteiger partial charge in [0.05, 0.1) is 6.04 Å². The Hall–Kier alpha value is -0.940. The molecule has 0 spiro atoms. The molecule has 1 amide bonds. The average molecular weight is 211 g/mol. The normalized spacial score (nSPS) is 23.5. The van der Waals surface area contributed by atoms with Gasteiger partial charge in [0.25, 0.3) is 0 Å². The molecule has 1 unspecified atom stereocenters. The first-order valence-electron chi connectivity index (χ1n) is 4.67. The summed E-state index contributed by atoms with van der Waals surface area (Å²) in [4.78, 5) is 13.5. The number of hydrogen-bond acceptors (Lipinski definition) is 4. The van der Waals surface area contributed by atoms with Crippen LogP contribution in [0.5, 0.6) is 0 Å². The zero-order valence-corrected chi connectivity index (χ0v) is 8.88. The van der Waals surface area contributed by atoms with E-state index in [1.54, 1.807) is 0 Å². The third kappa shape index (κ3) is 1.93. The van der Waals surface area contributed by atoms with Gasteiger partial charge in [-0.05, 0) is 24.0 Å². The van der Waals surface area contributed by atoms with Crippen molar-refractivity contribution in [1.29, 1.82) is 0 Å². The minimum atomic E-state index is -0.0244. The molecule has 1 atom stereocenters. The highest BCUT2D eigenvalue weighted by atomic mass is 32.1. The molecule has 76 valence electrons. The fourth-order valence-electron chi connectivity index (χ4n) is 1.59. The number of hydrogen-bond donors (Lipinski definition) is 1. The second-order valence-electron chi connectivity index (χ2n) is 3.47. The lowest BCUT2D eigenvalue weighted by Crippen LogP contribution is -2.53. The van der Waals surface area contributed by atoms with E-state index in [2.05, 4.69) is 14.6 Å². The number of piperazine rings is 1. The quantitative estimate of drug-likeness (QED) is 0.773. The van der Waals surface area contributed by atoms with Gasteiger partial charge < -0.3 is 5.32 Å². The van der Waals surface area contributed by atoms with Crippen LogP contribution in [0.3, 0.4) is 0 Å². The fourth-order valence-corrected chi connectivity index (χ4v) is 2.11. The molecule has 1 aromatic rings. The second-order valence-corrected chi connectivity index (χ2v) is 4.13. The van der Waals surface area contributed by atoms with Gasteiger partial charge in [-0.1, -0.05) is 0 Å². The molecule has 1 aliphatic heterocycles. The highest BCUT2D eigenvalue weighted by Gasteiger charge is 2.25. The zero-order chi connectivity index (χ0) is 9.97. The van der Waals surface area contributed by atoms with Crippen molar-refractivity contribution in [3.8, 4) is 0 Å².